The maximum atomic E-state index is 13.1. The average molecular weight is 279 g/mol. The van der Waals surface area contributed by atoms with E-state index < -0.39 is 17.8 Å². The van der Waals surface area contributed by atoms with E-state index in [1.54, 1.807) is 12.1 Å². The van der Waals surface area contributed by atoms with Gasteiger partial charge in [-0.1, -0.05) is 19.1 Å². The Hall–Kier alpha value is -1.91. The molecule has 0 radical (unpaired) electrons. The molecule has 1 heterocycles. The van der Waals surface area contributed by atoms with E-state index in [0.717, 1.165) is 6.42 Å². The largest absolute Gasteiger partial charge is 0.480 e. The Bertz CT molecular complexity index is 518. The summed E-state index contributed by atoms with van der Waals surface area (Å²) in [6.45, 7) is 2.44. The van der Waals surface area contributed by atoms with E-state index in [9.17, 15) is 19.1 Å². The number of carboxylic acids is 1. The summed E-state index contributed by atoms with van der Waals surface area (Å²) in [4.78, 5) is 24.9. The van der Waals surface area contributed by atoms with Crippen molar-refractivity contribution >= 4 is 11.9 Å². The van der Waals surface area contributed by atoms with Crippen molar-refractivity contribution in [1.29, 1.82) is 0 Å². The predicted molar refractivity (Wildman–Crippen MR) is 71.6 cm³/mol. The zero-order valence-corrected chi connectivity index (χ0v) is 11.4. The van der Waals surface area contributed by atoms with Crippen LogP contribution in [0.2, 0.25) is 0 Å². The lowest BCUT2D eigenvalue weighted by atomic mass is 9.92. The molecule has 1 aromatic carbocycles. The maximum Gasteiger partial charge on any atom is 0.326 e. The van der Waals surface area contributed by atoms with Gasteiger partial charge in [-0.3, -0.25) is 4.79 Å². The minimum atomic E-state index is -0.968. The van der Waals surface area contributed by atoms with Gasteiger partial charge in [0.1, 0.15) is 11.9 Å². The number of rotatable bonds is 3. The summed E-state index contributed by atoms with van der Waals surface area (Å²) >= 11 is 0. The summed E-state index contributed by atoms with van der Waals surface area (Å²) in [6.07, 6.45) is 1.32. The number of benzene rings is 1. The van der Waals surface area contributed by atoms with E-state index in [0.29, 0.717) is 24.4 Å². The number of nitrogens with zero attached hydrogens (tertiary/aromatic N) is 1. The second-order valence-electron chi connectivity index (χ2n) is 5.38. The van der Waals surface area contributed by atoms with Crippen LogP contribution in [0, 0.1) is 11.7 Å². The molecule has 0 spiro atoms. The fourth-order valence-electron chi connectivity index (χ4n) is 2.60. The molecule has 1 aliphatic rings. The van der Waals surface area contributed by atoms with Gasteiger partial charge < -0.3 is 10.0 Å². The van der Waals surface area contributed by atoms with E-state index in [-0.39, 0.29) is 12.3 Å². The van der Waals surface area contributed by atoms with Crippen molar-refractivity contribution in [3.8, 4) is 0 Å². The highest BCUT2D eigenvalue weighted by molar-refractivity contribution is 5.85. The first kappa shape index (κ1) is 14.5. The minimum Gasteiger partial charge on any atom is -0.480 e. The molecule has 0 aliphatic carbocycles. The Kier molecular flexibility index (Phi) is 4.37. The number of likely N-dealkylation sites (tertiary alicyclic amines) is 1. The number of halogens is 1. The zero-order chi connectivity index (χ0) is 14.7. The van der Waals surface area contributed by atoms with Gasteiger partial charge >= 0.3 is 5.97 Å². The molecule has 0 saturated carbocycles. The van der Waals surface area contributed by atoms with Crippen molar-refractivity contribution < 1.29 is 19.1 Å². The Morgan fingerprint density at radius 3 is 2.85 bits per heavy atom. The third-order valence-corrected chi connectivity index (χ3v) is 3.71. The van der Waals surface area contributed by atoms with Crippen LogP contribution in [-0.2, 0) is 16.0 Å². The number of hydrogen-bond acceptors (Lipinski definition) is 2. The number of carbonyl (C=O) groups is 2. The molecular weight excluding hydrogens is 261 g/mol. The highest BCUT2D eigenvalue weighted by Gasteiger charge is 2.34. The van der Waals surface area contributed by atoms with Crippen molar-refractivity contribution in [3.63, 3.8) is 0 Å². The first-order valence-corrected chi connectivity index (χ1v) is 6.74. The van der Waals surface area contributed by atoms with Gasteiger partial charge in [0.05, 0.1) is 6.42 Å². The number of amides is 1. The predicted octanol–water partition coefficient (Wildman–Crippen LogP) is 2.08. The van der Waals surface area contributed by atoms with Crippen molar-refractivity contribution in [1.82, 2.24) is 4.90 Å². The molecule has 2 rings (SSSR count). The lowest BCUT2D eigenvalue weighted by Crippen LogP contribution is -2.50. The van der Waals surface area contributed by atoms with Crippen molar-refractivity contribution in [3.05, 3.63) is 35.6 Å². The van der Waals surface area contributed by atoms with E-state index in [4.69, 9.17) is 0 Å². The minimum absolute atomic E-state index is 0.0376. The van der Waals surface area contributed by atoms with Gasteiger partial charge in [-0.25, -0.2) is 9.18 Å². The molecule has 2 atom stereocenters. The lowest BCUT2D eigenvalue weighted by molar-refractivity contribution is -0.152. The van der Waals surface area contributed by atoms with Gasteiger partial charge in [-0.15, -0.1) is 0 Å². The molecule has 1 fully saturated rings. The van der Waals surface area contributed by atoms with Gasteiger partial charge in [0.2, 0.25) is 5.91 Å². The lowest BCUT2D eigenvalue weighted by Gasteiger charge is -2.36. The third-order valence-electron chi connectivity index (χ3n) is 3.71. The smallest absolute Gasteiger partial charge is 0.326 e. The molecule has 0 aromatic heterocycles. The highest BCUT2D eigenvalue weighted by atomic mass is 19.1. The van der Waals surface area contributed by atoms with Crippen molar-refractivity contribution in [2.75, 3.05) is 6.54 Å². The molecule has 5 heteroatoms. The summed E-state index contributed by atoms with van der Waals surface area (Å²) in [7, 11) is 0. The highest BCUT2D eigenvalue weighted by Crippen LogP contribution is 2.23. The van der Waals surface area contributed by atoms with Gasteiger partial charge in [0, 0.05) is 6.54 Å². The molecule has 1 amide bonds. The fraction of sp³-hybridized carbons (Fsp3) is 0.467. The van der Waals surface area contributed by atoms with E-state index >= 15 is 0 Å². The monoisotopic (exact) mass is 279 g/mol. The molecule has 2 unspecified atom stereocenters. The first-order chi connectivity index (χ1) is 9.47. The van der Waals surface area contributed by atoms with Crippen LogP contribution in [0.5, 0.6) is 0 Å². The summed E-state index contributed by atoms with van der Waals surface area (Å²) in [5, 5.41) is 9.23. The Labute approximate surface area is 117 Å². The van der Waals surface area contributed by atoms with Crippen LogP contribution in [-0.4, -0.2) is 34.5 Å². The van der Waals surface area contributed by atoms with Crippen LogP contribution in [0.1, 0.15) is 25.3 Å². The molecule has 108 valence electrons. The molecule has 20 heavy (non-hydrogen) atoms. The number of carboxylic acid groups (broad SMARTS) is 1. The summed E-state index contributed by atoms with van der Waals surface area (Å²) in [6, 6.07) is 5.07. The van der Waals surface area contributed by atoms with Gasteiger partial charge in [0.25, 0.3) is 0 Å². The van der Waals surface area contributed by atoms with Gasteiger partial charge in [-0.2, -0.15) is 0 Å². The van der Waals surface area contributed by atoms with Crippen LogP contribution < -0.4 is 0 Å². The van der Waals surface area contributed by atoms with Gasteiger partial charge in [0.15, 0.2) is 0 Å². The zero-order valence-electron chi connectivity index (χ0n) is 11.4. The summed E-state index contributed by atoms with van der Waals surface area (Å²) in [5.41, 5.74) is 0.567. The number of piperidine rings is 1. The van der Waals surface area contributed by atoms with Gasteiger partial charge in [-0.05, 0) is 36.5 Å². The summed E-state index contributed by atoms with van der Waals surface area (Å²) < 4.78 is 13.1. The van der Waals surface area contributed by atoms with Crippen molar-refractivity contribution in [2.24, 2.45) is 5.92 Å². The Morgan fingerprint density at radius 2 is 2.20 bits per heavy atom. The average Bonchev–Trinajstić information content (AvgIpc) is 2.38. The molecule has 1 N–H and O–H groups in total. The van der Waals surface area contributed by atoms with Crippen LogP contribution >= 0.6 is 0 Å². The fourth-order valence-corrected chi connectivity index (χ4v) is 2.60. The standard InChI is InChI=1S/C15H18FNO3/c1-10-5-6-17(13(7-10)15(19)20)14(18)9-11-3-2-4-12(16)8-11/h2-4,8,10,13H,5-7,9H2,1H3,(H,19,20). The second-order valence-corrected chi connectivity index (χ2v) is 5.38. The molecule has 1 aliphatic heterocycles. The summed E-state index contributed by atoms with van der Waals surface area (Å²) in [5.74, 6) is -1.31. The SMILES string of the molecule is CC1CCN(C(=O)Cc2cccc(F)c2)C(C(=O)O)C1. The third kappa shape index (κ3) is 3.35. The normalized spacial score (nSPS) is 22.6. The molecular formula is C15H18FNO3. The van der Waals surface area contributed by atoms with E-state index in [1.807, 2.05) is 6.92 Å². The number of hydrogen-bond donors (Lipinski definition) is 1. The van der Waals surface area contributed by atoms with Crippen LogP contribution in [0.15, 0.2) is 24.3 Å². The number of aliphatic carboxylic acids is 1. The Balaban J connectivity index is 2.09. The maximum absolute atomic E-state index is 13.1. The van der Waals surface area contributed by atoms with E-state index in [1.165, 1.54) is 17.0 Å². The quantitative estimate of drug-likeness (QED) is 0.921. The molecule has 1 saturated heterocycles. The first-order valence-electron chi connectivity index (χ1n) is 6.74. The Morgan fingerprint density at radius 1 is 1.45 bits per heavy atom. The molecule has 0 bridgehead atoms. The topological polar surface area (TPSA) is 57.6 Å². The molecule has 4 nitrogen and oxygen atoms in total. The van der Waals surface area contributed by atoms with Crippen LogP contribution in [0.4, 0.5) is 4.39 Å². The van der Waals surface area contributed by atoms with E-state index in [2.05, 4.69) is 0 Å². The number of carbonyl (C=O) groups excluding carboxylic acids is 1. The molecule has 1 aromatic rings. The second kappa shape index (κ2) is 6.03. The van der Waals surface area contributed by atoms with Crippen LogP contribution in [0.25, 0.3) is 0 Å². The van der Waals surface area contributed by atoms with Crippen LogP contribution in [0.3, 0.4) is 0 Å². The van der Waals surface area contributed by atoms with Crippen molar-refractivity contribution in [2.45, 2.75) is 32.2 Å².